The number of aliphatic hydroxyl groups excluding tert-OH is 2. The van der Waals surface area contributed by atoms with Crippen LogP contribution in [0.25, 0.3) is 0 Å². The van der Waals surface area contributed by atoms with Crippen LogP contribution in [0.15, 0.2) is 76.8 Å². The van der Waals surface area contributed by atoms with E-state index in [-0.39, 0.29) is 60.4 Å². The van der Waals surface area contributed by atoms with Gasteiger partial charge >= 0.3 is 0 Å². The third-order valence-electron chi connectivity index (χ3n) is 10.5. The molecule has 4 N–H and O–H groups in total. The predicted molar refractivity (Wildman–Crippen MR) is 198 cm³/mol. The molecule has 2 fully saturated rings. The number of rotatable bonds is 16. The summed E-state index contributed by atoms with van der Waals surface area (Å²) in [5, 5.41) is 37.8. The Kier molecular flexibility index (Phi) is 12.8. The Morgan fingerprint density at radius 3 is 2.59 bits per heavy atom. The van der Waals surface area contributed by atoms with Crippen molar-refractivity contribution in [3.63, 3.8) is 0 Å². The lowest BCUT2D eigenvalue weighted by Crippen LogP contribution is -2.64. The largest absolute Gasteiger partial charge is 0.508 e. The van der Waals surface area contributed by atoms with Gasteiger partial charge in [0.05, 0.1) is 30.1 Å². The van der Waals surface area contributed by atoms with Gasteiger partial charge in [-0.2, -0.15) is 0 Å². The molecule has 51 heavy (non-hydrogen) atoms. The Morgan fingerprint density at radius 2 is 1.88 bits per heavy atom. The van der Waals surface area contributed by atoms with Gasteiger partial charge in [0.25, 0.3) is 0 Å². The molecule has 2 aromatic rings. The number of oxime groups is 1. The lowest BCUT2D eigenvalue weighted by Gasteiger charge is -2.58. The van der Waals surface area contributed by atoms with Gasteiger partial charge < -0.3 is 39.7 Å². The SMILES string of the molecule is C=CCO[C@@]12Oc3ccc(O)cc3[C@H]3[C@H](CCCCO)[C@@H](CCCCO)C=C(C(=NOC4CCCCO4)C[C@@H]1Sc1ccc(NC(C)=O)cc1)[C@H]32. The third-order valence-corrected chi connectivity index (χ3v) is 11.8. The minimum Gasteiger partial charge on any atom is -0.508 e. The summed E-state index contributed by atoms with van der Waals surface area (Å²) >= 11 is 1.65. The molecule has 11 heteroatoms. The smallest absolute Gasteiger partial charge is 0.231 e. The van der Waals surface area contributed by atoms with Gasteiger partial charge in [-0.25, -0.2) is 0 Å². The van der Waals surface area contributed by atoms with Gasteiger partial charge in [0.2, 0.25) is 18.0 Å². The van der Waals surface area contributed by atoms with Crippen molar-refractivity contribution in [3.05, 3.63) is 72.3 Å². The molecule has 0 radical (unpaired) electrons. The highest BCUT2D eigenvalue weighted by atomic mass is 32.2. The minimum absolute atomic E-state index is 0.106. The molecule has 0 bridgehead atoms. The number of hydrogen-bond donors (Lipinski definition) is 4. The van der Waals surface area contributed by atoms with Gasteiger partial charge in [0.1, 0.15) is 11.5 Å². The van der Waals surface area contributed by atoms with E-state index in [4.69, 9.17) is 24.2 Å². The summed E-state index contributed by atoms with van der Waals surface area (Å²) < 4.78 is 20.0. The normalized spacial score (nSPS) is 28.9. The van der Waals surface area contributed by atoms with E-state index in [1.807, 2.05) is 36.4 Å². The van der Waals surface area contributed by atoms with Crippen LogP contribution in [0.1, 0.15) is 82.6 Å². The number of benzene rings is 2. The lowest BCUT2D eigenvalue weighted by atomic mass is 9.56. The Labute approximate surface area is 305 Å². The summed E-state index contributed by atoms with van der Waals surface area (Å²) in [5.74, 6) is -0.534. The molecule has 0 aromatic heterocycles. The van der Waals surface area contributed by atoms with Crippen molar-refractivity contribution in [1.29, 1.82) is 0 Å². The minimum atomic E-state index is -1.14. The summed E-state index contributed by atoms with van der Waals surface area (Å²) in [7, 11) is 0. The molecule has 2 aromatic carbocycles. The maximum atomic E-state index is 11.7. The van der Waals surface area contributed by atoms with Crippen molar-refractivity contribution in [2.45, 2.75) is 99.3 Å². The number of unbranched alkanes of at least 4 members (excludes halogenated alkanes) is 2. The van der Waals surface area contributed by atoms with Gasteiger partial charge in [0.15, 0.2) is 0 Å². The van der Waals surface area contributed by atoms with Crippen LogP contribution in [0.2, 0.25) is 0 Å². The van der Waals surface area contributed by atoms with Crippen LogP contribution in [-0.4, -0.2) is 70.7 Å². The van der Waals surface area contributed by atoms with E-state index in [9.17, 15) is 20.1 Å². The monoisotopic (exact) mass is 720 g/mol. The number of hydrogen-bond acceptors (Lipinski definition) is 10. The molecule has 0 spiro atoms. The van der Waals surface area contributed by atoms with Crippen molar-refractivity contribution in [2.75, 3.05) is 31.7 Å². The Bertz CT molecular complexity index is 1560. The van der Waals surface area contributed by atoms with Gasteiger partial charge in [0, 0.05) is 55.0 Å². The second-order valence-corrected chi connectivity index (χ2v) is 15.3. The second-order valence-electron chi connectivity index (χ2n) is 14.0. The number of amides is 1. The molecular formula is C40H52N2O8S. The Morgan fingerprint density at radius 1 is 1.10 bits per heavy atom. The first-order chi connectivity index (χ1) is 24.9. The zero-order valence-electron chi connectivity index (χ0n) is 29.5. The van der Waals surface area contributed by atoms with E-state index in [0.717, 1.165) is 72.4 Å². The van der Waals surface area contributed by atoms with Crippen LogP contribution in [0, 0.1) is 17.8 Å². The highest BCUT2D eigenvalue weighted by Gasteiger charge is 2.64. The summed E-state index contributed by atoms with van der Waals surface area (Å²) in [6.07, 6.45) is 11.9. The van der Waals surface area contributed by atoms with Crippen molar-refractivity contribution in [2.24, 2.45) is 22.9 Å². The average molecular weight is 721 g/mol. The standard InChI is InChI=1S/C40H52N2O8S/c1-3-21-48-40-36(51-30-16-13-28(14-17-30)41-26(2)45)25-34(42-50-37-12-6-9-22-47-37)32-23-27(10-4-7-19-43)31(11-5-8-20-44)38(39(32)40)33-24-29(46)15-18-35(33)49-40/h3,13-18,23-24,27,31,36-39,43-44,46H,1,4-12,19-22,25H2,2H3,(H,41,45)/t27-,31+,36-,37?,38+,39+,40+/m0/s1. The third kappa shape index (κ3) is 8.49. The van der Waals surface area contributed by atoms with Crippen LogP contribution >= 0.6 is 11.8 Å². The zero-order valence-corrected chi connectivity index (χ0v) is 30.3. The summed E-state index contributed by atoms with van der Waals surface area (Å²) in [5.41, 5.74) is 3.51. The topological polar surface area (TPSA) is 139 Å². The molecule has 1 saturated heterocycles. The van der Waals surface area contributed by atoms with Crippen molar-refractivity contribution in [3.8, 4) is 11.5 Å². The fraction of sp³-hybridized carbons (Fsp3) is 0.550. The number of allylic oxidation sites excluding steroid dienone is 1. The molecule has 10 nitrogen and oxygen atoms in total. The van der Waals surface area contributed by atoms with Crippen molar-refractivity contribution < 1.29 is 39.2 Å². The molecule has 4 aliphatic rings. The number of fused-ring (bicyclic) bond motifs is 2. The molecule has 2 aliphatic carbocycles. The van der Waals surface area contributed by atoms with Crippen LogP contribution in [0.5, 0.6) is 11.5 Å². The Balaban J connectivity index is 1.51. The van der Waals surface area contributed by atoms with E-state index in [1.165, 1.54) is 6.92 Å². The van der Waals surface area contributed by atoms with Crippen LogP contribution in [-0.2, 0) is 19.1 Å². The number of thioether (sulfide) groups is 1. The quantitative estimate of drug-likeness (QED) is 0.0799. The number of phenolic OH excluding ortho intramolecular Hbond substituents is 1. The first kappa shape index (κ1) is 37.4. The van der Waals surface area contributed by atoms with Gasteiger partial charge in [-0.1, -0.05) is 30.1 Å². The number of carbonyl (C=O) groups excluding carboxylic acids is 1. The maximum Gasteiger partial charge on any atom is 0.231 e. The van der Waals surface area contributed by atoms with E-state index in [1.54, 1.807) is 23.9 Å². The number of phenols is 1. The first-order valence-electron chi connectivity index (χ1n) is 18.5. The van der Waals surface area contributed by atoms with Crippen LogP contribution in [0.3, 0.4) is 0 Å². The number of ether oxygens (including phenoxy) is 3. The number of carbonyl (C=O) groups is 1. The molecule has 1 saturated carbocycles. The molecule has 2 aliphatic heterocycles. The zero-order chi connectivity index (χ0) is 35.8. The molecule has 2 heterocycles. The number of nitrogens with one attached hydrogen (secondary N) is 1. The molecule has 1 amide bonds. The Hall–Kier alpha value is -3.35. The van der Waals surface area contributed by atoms with E-state index >= 15 is 0 Å². The van der Waals surface area contributed by atoms with Gasteiger partial charge in [-0.15, -0.1) is 18.3 Å². The average Bonchev–Trinajstić information content (AvgIpc) is 3.13. The maximum absolute atomic E-state index is 11.7. The summed E-state index contributed by atoms with van der Waals surface area (Å²) in [4.78, 5) is 18.9. The second kappa shape index (κ2) is 17.4. The van der Waals surface area contributed by atoms with Crippen LogP contribution in [0.4, 0.5) is 5.69 Å². The molecule has 276 valence electrons. The molecule has 7 atom stereocenters. The summed E-state index contributed by atoms with van der Waals surface area (Å²) in [6, 6.07) is 13.1. The number of anilines is 1. The fourth-order valence-corrected chi connectivity index (χ4v) is 9.63. The highest BCUT2D eigenvalue weighted by Crippen LogP contribution is 2.63. The number of nitrogens with zero attached hydrogens (tertiary/aromatic N) is 1. The van der Waals surface area contributed by atoms with E-state index in [0.29, 0.717) is 31.6 Å². The predicted octanol–water partition coefficient (Wildman–Crippen LogP) is 7.30. The first-order valence-corrected chi connectivity index (χ1v) is 19.3. The van der Waals surface area contributed by atoms with Crippen molar-refractivity contribution in [1.82, 2.24) is 0 Å². The number of aromatic hydroxyl groups is 1. The lowest BCUT2D eigenvalue weighted by molar-refractivity contribution is -0.223. The molecule has 1 unspecified atom stereocenters. The highest BCUT2D eigenvalue weighted by molar-refractivity contribution is 8.00. The fourth-order valence-electron chi connectivity index (χ4n) is 8.34. The van der Waals surface area contributed by atoms with Crippen LogP contribution < -0.4 is 10.1 Å². The van der Waals surface area contributed by atoms with Crippen molar-refractivity contribution >= 4 is 29.1 Å². The van der Waals surface area contributed by atoms with Gasteiger partial charge in [-0.3, -0.25) is 4.79 Å². The van der Waals surface area contributed by atoms with E-state index in [2.05, 4.69) is 18.0 Å². The van der Waals surface area contributed by atoms with Gasteiger partial charge in [-0.05, 0) is 98.4 Å². The van der Waals surface area contributed by atoms with E-state index < -0.39 is 12.1 Å². The summed E-state index contributed by atoms with van der Waals surface area (Å²) in [6.45, 7) is 6.65. The molecular weight excluding hydrogens is 669 g/mol. The molecule has 6 rings (SSSR count). The number of aliphatic hydroxyl groups is 2.